The molecule has 1 fully saturated rings. The quantitative estimate of drug-likeness (QED) is 0.396. The largest absolute Gasteiger partial charge is 0.369 e. The van der Waals surface area contributed by atoms with Crippen LogP contribution in [-0.2, 0) is 6.42 Å². The fraction of sp³-hybridized carbons (Fsp3) is 0.269. The fourth-order valence-electron chi connectivity index (χ4n) is 4.27. The van der Waals surface area contributed by atoms with Gasteiger partial charge in [0.25, 0.3) is 0 Å². The van der Waals surface area contributed by atoms with Crippen LogP contribution in [0.2, 0.25) is 0 Å². The number of anilines is 1. The number of hydrogen-bond donors (Lipinski definition) is 0. The van der Waals surface area contributed by atoms with Gasteiger partial charge in [0, 0.05) is 31.9 Å². The smallest absolute Gasteiger partial charge is 0.0843 e. The molecule has 0 saturated carbocycles. The highest BCUT2D eigenvalue weighted by Gasteiger charge is 2.17. The topological polar surface area (TPSA) is 24.3 Å². The zero-order valence-corrected chi connectivity index (χ0v) is 18.5. The molecule has 31 heavy (non-hydrogen) atoms. The fourth-order valence-corrected chi connectivity index (χ4v) is 5.00. The van der Waals surface area contributed by atoms with E-state index in [1.165, 1.54) is 22.0 Å². The van der Waals surface area contributed by atoms with Gasteiger partial charge in [-0.05, 0) is 61.2 Å². The Morgan fingerprint density at radius 1 is 0.774 bits per heavy atom. The number of aromatic nitrogens is 2. The highest BCUT2D eigenvalue weighted by Crippen LogP contribution is 2.28. The lowest BCUT2D eigenvalue weighted by molar-refractivity contribution is 0.255. The maximum absolute atomic E-state index is 4.97. The number of nitrogens with zero attached hydrogens (tertiary/aromatic N) is 4. The molecule has 0 unspecified atom stereocenters. The van der Waals surface area contributed by atoms with Gasteiger partial charge in [0.15, 0.2) is 0 Å². The lowest BCUT2D eigenvalue weighted by Crippen LogP contribution is -2.46. The Hall–Kier alpha value is -2.89. The van der Waals surface area contributed by atoms with Crippen molar-refractivity contribution in [1.29, 1.82) is 0 Å². The summed E-state index contributed by atoms with van der Waals surface area (Å²) in [6.07, 6.45) is 2.15. The summed E-state index contributed by atoms with van der Waals surface area (Å²) in [6.45, 7) is 5.61. The van der Waals surface area contributed by atoms with Gasteiger partial charge in [0.05, 0.1) is 22.0 Å². The molecule has 4 nitrogen and oxygen atoms in total. The van der Waals surface area contributed by atoms with Gasteiger partial charge in [0.2, 0.25) is 0 Å². The number of benzene rings is 2. The lowest BCUT2D eigenvalue weighted by Gasteiger charge is -2.36. The summed E-state index contributed by atoms with van der Waals surface area (Å²) in [5, 5.41) is 7.10. The number of piperazine rings is 1. The molecule has 2 aromatic heterocycles. The van der Waals surface area contributed by atoms with Gasteiger partial charge in [0.1, 0.15) is 0 Å². The van der Waals surface area contributed by atoms with E-state index in [1.807, 2.05) is 0 Å². The van der Waals surface area contributed by atoms with E-state index in [0.29, 0.717) is 0 Å². The molecule has 0 amide bonds. The molecule has 1 aliphatic heterocycles. The molecule has 2 aromatic carbocycles. The molecule has 1 saturated heterocycles. The number of aryl methyl sites for hydroxylation is 1. The predicted octanol–water partition coefficient (Wildman–Crippen LogP) is 5.36. The monoisotopic (exact) mass is 428 g/mol. The molecule has 0 radical (unpaired) electrons. The molecular formula is C26H28N4S. The van der Waals surface area contributed by atoms with Crippen molar-refractivity contribution >= 4 is 17.0 Å². The van der Waals surface area contributed by atoms with Gasteiger partial charge >= 0.3 is 0 Å². The van der Waals surface area contributed by atoms with Crippen molar-refractivity contribution in [1.82, 2.24) is 14.7 Å². The highest BCUT2D eigenvalue weighted by molar-refractivity contribution is 7.13. The number of rotatable bonds is 7. The Morgan fingerprint density at radius 3 is 2.16 bits per heavy atom. The molecule has 4 aromatic rings. The van der Waals surface area contributed by atoms with Crippen molar-refractivity contribution in [2.75, 3.05) is 37.6 Å². The van der Waals surface area contributed by atoms with Crippen LogP contribution in [0.1, 0.15) is 12.1 Å². The van der Waals surface area contributed by atoms with Crippen molar-refractivity contribution in [2.24, 2.45) is 0 Å². The Morgan fingerprint density at radius 2 is 1.48 bits per heavy atom. The lowest BCUT2D eigenvalue weighted by atomic mass is 10.2. The summed E-state index contributed by atoms with van der Waals surface area (Å²) in [5.74, 6) is 0. The number of thiophene rings is 1. The zero-order chi connectivity index (χ0) is 20.9. The average molecular weight is 429 g/mol. The van der Waals surface area contributed by atoms with E-state index >= 15 is 0 Å². The van der Waals surface area contributed by atoms with Crippen LogP contribution >= 0.6 is 11.3 Å². The van der Waals surface area contributed by atoms with Gasteiger partial charge in [-0.2, -0.15) is 5.10 Å². The van der Waals surface area contributed by atoms with E-state index in [2.05, 4.69) is 98.7 Å². The summed E-state index contributed by atoms with van der Waals surface area (Å²) in [4.78, 5) is 6.35. The SMILES string of the molecule is c1ccc(N2CCN(CCCc3cc(-c4cccs4)n(-c4ccccc4)n3)CC2)cc1. The van der Waals surface area contributed by atoms with E-state index < -0.39 is 0 Å². The third-order valence-corrected chi connectivity index (χ3v) is 6.83. The maximum atomic E-state index is 4.97. The Labute approximate surface area is 188 Å². The summed E-state index contributed by atoms with van der Waals surface area (Å²) in [6, 6.07) is 27.8. The van der Waals surface area contributed by atoms with Crippen molar-refractivity contribution < 1.29 is 0 Å². The van der Waals surface area contributed by atoms with Gasteiger partial charge in [-0.25, -0.2) is 4.68 Å². The van der Waals surface area contributed by atoms with Crippen LogP contribution in [-0.4, -0.2) is 47.4 Å². The molecule has 3 heterocycles. The second-order valence-electron chi connectivity index (χ2n) is 8.01. The molecule has 0 N–H and O–H groups in total. The molecule has 0 bridgehead atoms. The van der Waals surface area contributed by atoms with E-state index in [9.17, 15) is 0 Å². The van der Waals surface area contributed by atoms with Gasteiger partial charge in [-0.15, -0.1) is 11.3 Å². The summed E-state index contributed by atoms with van der Waals surface area (Å²) in [7, 11) is 0. The second-order valence-corrected chi connectivity index (χ2v) is 8.96. The summed E-state index contributed by atoms with van der Waals surface area (Å²) in [5.41, 5.74) is 4.83. The van der Waals surface area contributed by atoms with E-state index in [4.69, 9.17) is 5.10 Å². The maximum Gasteiger partial charge on any atom is 0.0843 e. The number of hydrogen-bond acceptors (Lipinski definition) is 4. The van der Waals surface area contributed by atoms with Crippen molar-refractivity contribution in [3.8, 4) is 16.3 Å². The Kier molecular flexibility index (Phi) is 6.14. The van der Waals surface area contributed by atoms with Crippen LogP contribution in [0.25, 0.3) is 16.3 Å². The molecule has 0 atom stereocenters. The normalized spacial score (nSPS) is 14.8. The first-order valence-electron chi connectivity index (χ1n) is 11.1. The standard InChI is InChI=1S/C26H28N4S/c1-3-10-23(11-4-1)29-18-16-28(17-19-29)15-7-9-22-21-25(26-14-8-20-31-26)30(27-22)24-12-5-2-6-13-24/h1-6,8,10-14,20-21H,7,9,15-19H2. The molecule has 158 valence electrons. The van der Waals surface area contributed by atoms with Crippen LogP contribution in [0, 0.1) is 0 Å². The van der Waals surface area contributed by atoms with Crippen molar-refractivity contribution in [3.63, 3.8) is 0 Å². The first-order chi connectivity index (χ1) is 15.4. The van der Waals surface area contributed by atoms with E-state index in [-0.39, 0.29) is 0 Å². The van der Waals surface area contributed by atoms with Gasteiger partial charge in [-0.1, -0.05) is 42.5 Å². The third-order valence-electron chi connectivity index (χ3n) is 5.94. The van der Waals surface area contributed by atoms with Crippen LogP contribution in [0.3, 0.4) is 0 Å². The highest BCUT2D eigenvalue weighted by atomic mass is 32.1. The minimum atomic E-state index is 1.01. The zero-order valence-electron chi connectivity index (χ0n) is 17.7. The molecule has 5 rings (SSSR count). The molecule has 5 heteroatoms. The molecular weight excluding hydrogens is 400 g/mol. The number of para-hydroxylation sites is 2. The minimum Gasteiger partial charge on any atom is -0.369 e. The Bertz CT molecular complexity index is 1070. The van der Waals surface area contributed by atoms with Crippen LogP contribution in [0.5, 0.6) is 0 Å². The summed E-state index contributed by atoms with van der Waals surface area (Å²) >= 11 is 1.77. The van der Waals surface area contributed by atoms with Gasteiger partial charge in [-0.3, -0.25) is 4.90 Å². The van der Waals surface area contributed by atoms with Crippen LogP contribution in [0.15, 0.2) is 84.2 Å². The third kappa shape index (κ3) is 4.73. The van der Waals surface area contributed by atoms with Crippen molar-refractivity contribution in [2.45, 2.75) is 12.8 Å². The van der Waals surface area contributed by atoms with E-state index in [1.54, 1.807) is 11.3 Å². The van der Waals surface area contributed by atoms with Gasteiger partial charge < -0.3 is 4.90 Å². The first-order valence-corrected chi connectivity index (χ1v) is 12.0. The second kappa shape index (κ2) is 9.50. The molecule has 1 aliphatic rings. The first kappa shape index (κ1) is 20.0. The van der Waals surface area contributed by atoms with Crippen LogP contribution in [0.4, 0.5) is 5.69 Å². The van der Waals surface area contributed by atoms with Crippen molar-refractivity contribution in [3.05, 3.63) is 89.9 Å². The average Bonchev–Trinajstić information content (AvgIpc) is 3.51. The predicted molar refractivity (Wildman–Crippen MR) is 130 cm³/mol. The van der Waals surface area contributed by atoms with E-state index in [0.717, 1.165) is 51.3 Å². The van der Waals surface area contributed by atoms with Crippen LogP contribution < -0.4 is 4.90 Å². The summed E-state index contributed by atoms with van der Waals surface area (Å²) < 4.78 is 2.10. The minimum absolute atomic E-state index is 1.01. The molecule has 0 spiro atoms. The Balaban J connectivity index is 1.20. The molecule has 0 aliphatic carbocycles.